The highest BCUT2D eigenvalue weighted by atomic mass is 19.3. The van der Waals surface area contributed by atoms with Crippen molar-refractivity contribution in [3.8, 4) is 5.75 Å². The zero-order valence-electron chi connectivity index (χ0n) is 11.7. The van der Waals surface area contributed by atoms with Gasteiger partial charge in [0, 0.05) is 5.56 Å². The van der Waals surface area contributed by atoms with Gasteiger partial charge in [-0.3, -0.25) is 4.79 Å². The molecule has 0 bridgehead atoms. The number of rotatable bonds is 7. The Kier molecular flexibility index (Phi) is 5.63. The maximum atomic E-state index is 12.0. The van der Waals surface area contributed by atoms with Crippen LogP contribution in [0.15, 0.2) is 24.3 Å². The smallest absolute Gasteiger partial charge is 0.387 e. The average Bonchev–Trinajstić information content (AvgIpc) is 2.38. The molecule has 1 unspecified atom stereocenters. The summed E-state index contributed by atoms with van der Waals surface area (Å²) in [5.41, 5.74) is -1.20. The molecule has 0 aliphatic carbocycles. The topological polar surface area (TPSA) is 75.6 Å². The van der Waals surface area contributed by atoms with Gasteiger partial charge >= 0.3 is 12.6 Å². The second-order valence-corrected chi connectivity index (χ2v) is 4.74. The van der Waals surface area contributed by atoms with E-state index in [4.69, 9.17) is 0 Å². The Balaban J connectivity index is 2.81. The normalized spacial score (nSPS) is 13.6. The van der Waals surface area contributed by atoms with Gasteiger partial charge in [0.1, 0.15) is 11.3 Å². The van der Waals surface area contributed by atoms with E-state index >= 15 is 0 Å². The molecule has 2 N–H and O–H groups in total. The lowest BCUT2D eigenvalue weighted by Crippen LogP contribution is -2.52. The summed E-state index contributed by atoms with van der Waals surface area (Å²) in [4.78, 5) is 23.2. The summed E-state index contributed by atoms with van der Waals surface area (Å²) in [5, 5.41) is 11.6. The number of aliphatic carboxylic acids is 1. The Morgan fingerprint density at radius 1 is 1.33 bits per heavy atom. The molecule has 1 aromatic rings. The molecule has 0 fully saturated rings. The highest BCUT2D eigenvalue weighted by molar-refractivity contribution is 5.97. The van der Waals surface area contributed by atoms with Crippen LogP contribution in [0, 0.1) is 0 Å². The summed E-state index contributed by atoms with van der Waals surface area (Å²) in [5.74, 6) is -1.79. The molecule has 1 aromatic carbocycles. The van der Waals surface area contributed by atoms with Crippen molar-refractivity contribution in [3.05, 3.63) is 29.8 Å². The number of amides is 1. The van der Waals surface area contributed by atoms with E-state index in [1.54, 1.807) is 0 Å². The summed E-state index contributed by atoms with van der Waals surface area (Å²) < 4.78 is 28.2. The Bertz CT molecular complexity index is 504. The predicted molar refractivity (Wildman–Crippen MR) is 71.5 cm³/mol. The van der Waals surface area contributed by atoms with Crippen LogP contribution in [-0.2, 0) is 4.79 Å². The Morgan fingerprint density at radius 2 is 1.90 bits per heavy atom. The third kappa shape index (κ3) is 4.70. The van der Waals surface area contributed by atoms with Crippen molar-refractivity contribution >= 4 is 11.9 Å². The molecule has 1 atom stereocenters. The van der Waals surface area contributed by atoms with E-state index in [1.807, 2.05) is 6.92 Å². The SMILES string of the molecule is CCCC(C)(NC(=O)c1ccc(OC(F)F)cc1)C(=O)O. The molecule has 21 heavy (non-hydrogen) atoms. The quantitative estimate of drug-likeness (QED) is 0.812. The van der Waals surface area contributed by atoms with Crippen LogP contribution in [0.2, 0.25) is 0 Å². The lowest BCUT2D eigenvalue weighted by atomic mass is 9.96. The fraction of sp³-hybridized carbons (Fsp3) is 0.429. The van der Waals surface area contributed by atoms with Crippen LogP contribution in [0.1, 0.15) is 37.0 Å². The number of benzene rings is 1. The number of alkyl halides is 2. The van der Waals surface area contributed by atoms with Crippen molar-refractivity contribution in [1.82, 2.24) is 5.32 Å². The van der Waals surface area contributed by atoms with Crippen molar-refractivity contribution in [2.24, 2.45) is 0 Å². The maximum Gasteiger partial charge on any atom is 0.387 e. The van der Waals surface area contributed by atoms with Crippen LogP contribution >= 0.6 is 0 Å². The summed E-state index contributed by atoms with van der Waals surface area (Å²) in [6.45, 7) is 0.291. The van der Waals surface area contributed by atoms with Crippen LogP contribution in [0.4, 0.5) is 8.78 Å². The zero-order valence-corrected chi connectivity index (χ0v) is 11.7. The van der Waals surface area contributed by atoms with E-state index in [9.17, 15) is 23.5 Å². The first kappa shape index (κ1) is 16.9. The van der Waals surface area contributed by atoms with Gasteiger partial charge < -0.3 is 15.2 Å². The maximum absolute atomic E-state index is 12.0. The number of carboxylic acids is 1. The number of carbonyl (C=O) groups excluding carboxylic acids is 1. The minimum Gasteiger partial charge on any atom is -0.480 e. The second kappa shape index (κ2) is 7.01. The summed E-state index contributed by atoms with van der Waals surface area (Å²) in [6, 6.07) is 5.03. The first-order valence-electron chi connectivity index (χ1n) is 6.39. The summed E-state index contributed by atoms with van der Waals surface area (Å²) in [7, 11) is 0. The Labute approximate surface area is 120 Å². The lowest BCUT2D eigenvalue weighted by Gasteiger charge is -2.25. The third-order valence-electron chi connectivity index (χ3n) is 2.95. The molecule has 0 saturated heterocycles. The monoisotopic (exact) mass is 301 g/mol. The fourth-order valence-corrected chi connectivity index (χ4v) is 1.83. The highest BCUT2D eigenvalue weighted by Gasteiger charge is 2.34. The number of carbonyl (C=O) groups is 2. The fourth-order valence-electron chi connectivity index (χ4n) is 1.83. The summed E-state index contributed by atoms with van der Waals surface area (Å²) in [6.07, 6.45) is 0.866. The molecule has 7 heteroatoms. The van der Waals surface area contributed by atoms with Gasteiger partial charge in [0.2, 0.25) is 0 Å². The number of ether oxygens (including phenoxy) is 1. The number of hydrogen-bond donors (Lipinski definition) is 2. The van der Waals surface area contributed by atoms with Crippen molar-refractivity contribution in [3.63, 3.8) is 0 Å². The molecule has 5 nitrogen and oxygen atoms in total. The van der Waals surface area contributed by atoms with Crippen LogP contribution in [0.25, 0.3) is 0 Å². The van der Waals surface area contributed by atoms with Crippen molar-refractivity contribution in [2.75, 3.05) is 0 Å². The van der Waals surface area contributed by atoms with Crippen LogP contribution in [-0.4, -0.2) is 29.1 Å². The number of hydrogen-bond acceptors (Lipinski definition) is 3. The Hall–Kier alpha value is -2.18. The van der Waals surface area contributed by atoms with Gasteiger partial charge in [0.05, 0.1) is 0 Å². The molecular weight excluding hydrogens is 284 g/mol. The molecule has 1 rings (SSSR count). The largest absolute Gasteiger partial charge is 0.480 e. The third-order valence-corrected chi connectivity index (χ3v) is 2.95. The molecule has 0 saturated carbocycles. The van der Waals surface area contributed by atoms with E-state index < -0.39 is 24.0 Å². The highest BCUT2D eigenvalue weighted by Crippen LogP contribution is 2.17. The first-order valence-corrected chi connectivity index (χ1v) is 6.39. The number of carboxylic acid groups (broad SMARTS) is 1. The van der Waals surface area contributed by atoms with Gasteiger partial charge in [-0.2, -0.15) is 8.78 Å². The lowest BCUT2D eigenvalue weighted by molar-refractivity contribution is -0.144. The molecule has 0 aromatic heterocycles. The van der Waals surface area contributed by atoms with Crippen LogP contribution < -0.4 is 10.1 Å². The minimum atomic E-state index is -2.94. The number of halogens is 2. The van der Waals surface area contributed by atoms with Gasteiger partial charge in [-0.05, 0) is 37.6 Å². The summed E-state index contributed by atoms with van der Waals surface area (Å²) >= 11 is 0. The molecule has 0 aliphatic rings. The molecule has 116 valence electrons. The van der Waals surface area contributed by atoms with E-state index in [0.29, 0.717) is 6.42 Å². The van der Waals surface area contributed by atoms with Gasteiger partial charge in [0.25, 0.3) is 5.91 Å². The van der Waals surface area contributed by atoms with Crippen LogP contribution in [0.5, 0.6) is 5.75 Å². The van der Waals surface area contributed by atoms with Crippen LogP contribution in [0.3, 0.4) is 0 Å². The van der Waals surface area contributed by atoms with Crippen molar-refractivity contribution in [2.45, 2.75) is 38.8 Å². The van der Waals surface area contributed by atoms with Gasteiger partial charge in [-0.25, -0.2) is 4.79 Å². The molecule has 0 spiro atoms. The van der Waals surface area contributed by atoms with E-state index in [-0.39, 0.29) is 17.7 Å². The number of nitrogens with one attached hydrogen (secondary N) is 1. The zero-order chi connectivity index (χ0) is 16.0. The first-order chi connectivity index (χ1) is 9.78. The van der Waals surface area contributed by atoms with Crippen molar-refractivity contribution in [1.29, 1.82) is 0 Å². The second-order valence-electron chi connectivity index (χ2n) is 4.74. The van der Waals surface area contributed by atoms with E-state index in [2.05, 4.69) is 10.1 Å². The average molecular weight is 301 g/mol. The minimum absolute atomic E-state index is 0.0731. The predicted octanol–water partition coefficient (Wildman–Crippen LogP) is 2.66. The molecule has 0 radical (unpaired) electrons. The molecule has 1 amide bonds. The molecular formula is C14H17F2NO4. The molecule has 0 aliphatic heterocycles. The van der Waals surface area contributed by atoms with Crippen molar-refractivity contribution < 1.29 is 28.2 Å². The standard InChI is InChI=1S/C14H17F2NO4/c1-3-8-14(2,12(19)20)17-11(18)9-4-6-10(7-5-9)21-13(15)16/h4-7,13H,3,8H2,1-2H3,(H,17,18)(H,19,20). The molecule has 0 heterocycles. The van der Waals surface area contributed by atoms with Gasteiger partial charge in [-0.15, -0.1) is 0 Å². The van der Waals surface area contributed by atoms with E-state index in [1.165, 1.54) is 31.2 Å². The van der Waals surface area contributed by atoms with Gasteiger partial charge in [-0.1, -0.05) is 13.3 Å². The Morgan fingerprint density at radius 3 is 2.33 bits per heavy atom. The van der Waals surface area contributed by atoms with Gasteiger partial charge in [0.15, 0.2) is 0 Å². The van der Waals surface area contributed by atoms with E-state index in [0.717, 1.165) is 0 Å².